The Morgan fingerprint density at radius 2 is 1.92 bits per heavy atom. The maximum absolute atomic E-state index is 12.2. The first-order chi connectivity index (χ1) is 12.3. The predicted molar refractivity (Wildman–Crippen MR) is 104 cm³/mol. The van der Waals surface area contributed by atoms with Gasteiger partial charge in [-0.25, -0.2) is 0 Å². The summed E-state index contributed by atoms with van der Waals surface area (Å²) in [6, 6.07) is 7.91. The number of amides is 1. The first-order valence-corrected chi connectivity index (χ1v) is 8.53. The summed E-state index contributed by atoms with van der Waals surface area (Å²) >= 11 is 0. The van der Waals surface area contributed by atoms with Crippen LogP contribution in [-0.2, 0) is 10.2 Å². The molecule has 0 spiro atoms. The van der Waals surface area contributed by atoms with E-state index in [2.05, 4.69) is 25.6 Å². The Morgan fingerprint density at radius 1 is 1.15 bits per heavy atom. The van der Waals surface area contributed by atoms with Crippen LogP contribution in [0.25, 0.3) is 11.0 Å². The number of aryl methyl sites for hydroxylation is 1. The second-order valence-electron chi connectivity index (χ2n) is 7.45. The van der Waals surface area contributed by atoms with Gasteiger partial charge in [-0.05, 0) is 50.6 Å². The van der Waals surface area contributed by atoms with Crippen molar-refractivity contribution in [3.8, 4) is 0 Å². The van der Waals surface area contributed by atoms with Crippen molar-refractivity contribution in [2.45, 2.75) is 26.2 Å². The Kier molecular flexibility index (Phi) is 3.44. The Bertz CT molecular complexity index is 1030. The summed E-state index contributed by atoms with van der Waals surface area (Å²) in [5, 5.41) is 7.27. The van der Waals surface area contributed by atoms with Gasteiger partial charge in [-0.1, -0.05) is 0 Å². The fourth-order valence-electron chi connectivity index (χ4n) is 3.21. The molecule has 3 N–H and O–H groups in total. The molecule has 3 heterocycles. The average molecular weight is 350 g/mol. The number of aromatic nitrogens is 3. The number of carbonyl (C=O) groups is 1. The van der Waals surface area contributed by atoms with Crippen LogP contribution >= 0.6 is 0 Å². The lowest BCUT2D eigenvalue weighted by Gasteiger charge is -2.17. The zero-order valence-corrected chi connectivity index (χ0v) is 15.6. The lowest BCUT2D eigenvalue weighted by atomic mass is 9.86. The minimum atomic E-state index is -0.548. The molecule has 0 bridgehead atoms. The Labute approximate surface area is 151 Å². The van der Waals surface area contributed by atoms with Crippen LogP contribution in [0.1, 0.15) is 25.1 Å². The summed E-state index contributed by atoms with van der Waals surface area (Å²) in [7, 11) is 3.83. The van der Waals surface area contributed by atoms with E-state index in [0.29, 0.717) is 5.95 Å². The molecular formula is C19H22N6O. The second-order valence-corrected chi connectivity index (χ2v) is 7.45. The number of nitrogens with one attached hydrogen (secondary N) is 3. The van der Waals surface area contributed by atoms with Crippen LogP contribution in [0.2, 0.25) is 0 Å². The number of anilines is 4. The maximum Gasteiger partial charge on any atom is 0.234 e. The van der Waals surface area contributed by atoms with Gasteiger partial charge in [-0.15, -0.1) is 0 Å². The van der Waals surface area contributed by atoms with Gasteiger partial charge >= 0.3 is 0 Å². The molecule has 4 rings (SSSR count). The molecule has 0 unspecified atom stereocenters. The molecule has 134 valence electrons. The fraction of sp³-hybridized carbons (Fsp3) is 0.316. The molecule has 0 fully saturated rings. The van der Waals surface area contributed by atoms with E-state index in [0.717, 1.165) is 39.5 Å². The van der Waals surface area contributed by atoms with Crippen LogP contribution in [0, 0.1) is 6.92 Å². The van der Waals surface area contributed by atoms with Crippen molar-refractivity contribution in [2.24, 2.45) is 0 Å². The normalized spacial score (nSPS) is 15.0. The molecule has 0 radical (unpaired) electrons. The van der Waals surface area contributed by atoms with Crippen LogP contribution in [0.4, 0.5) is 23.1 Å². The quantitative estimate of drug-likeness (QED) is 0.675. The molecule has 3 aromatic rings. The van der Waals surface area contributed by atoms with Crippen LogP contribution in [0.3, 0.4) is 0 Å². The summed E-state index contributed by atoms with van der Waals surface area (Å²) < 4.78 is 0. The van der Waals surface area contributed by atoms with Crippen LogP contribution in [0.15, 0.2) is 24.3 Å². The number of H-pyrrole nitrogens is 1. The highest BCUT2D eigenvalue weighted by atomic mass is 16.2. The molecule has 0 atom stereocenters. The summed E-state index contributed by atoms with van der Waals surface area (Å²) in [5.41, 5.74) is 4.01. The highest BCUT2D eigenvalue weighted by Gasteiger charge is 2.38. The number of fused-ring (bicyclic) bond motifs is 2. The fourth-order valence-corrected chi connectivity index (χ4v) is 3.21. The molecule has 26 heavy (non-hydrogen) atoms. The zero-order chi connectivity index (χ0) is 18.6. The van der Waals surface area contributed by atoms with Crippen molar-refractivity contribution < 1.29 is 4.79 Å². The summed E-state index contributed by atoms with van der Waals surface area (Å²) in [6.07, 6.45) is 0. The van der Waals surface area contributed by atoms with E-state index in [1.54, 1.807) is 0 Å². The third kappa shape index (κ3) is 2.47. The van der Waals surface area contributed by atoms with Gasteiger partial charge in [0.25, 0.3) is 0 Å². The van der Waals surface area contributed by atoms with E-state index < -0.39 is 5.41 Å². The van der Waals surface area contributed by atoms with E-state index in [1.165, 1.54) is 0 Å². The molecule has 1 aliphatic rings. The minimum Gasteiger partial charge on any atom is -0.347 e. The van der Waals surface area contributed by atoms with E-state index in [1.807, 2.05) is 64.0 Å². The van der Waals surface area contributed by atoms with Crippen molar-refractivity contribution >= 4 is 40.1 Å². The Hall–Kier alpha value is -3.09. The third-order valence-electron chi connectivity index (χ3n) is 4.78. The van der Waals surface area contributed by atoms with E-state index in [-0.39, 0.29) is 5.91 Å². The molecule has 7 nitrogen and oxygen atoms in total. The van der Waals surface area contributed by atoms with Gasteiger partial charge in [-0.2, -0.15) is 9.97 Å². The first-order valence-electron chi connectivity index (χ1n) is 8.53. The molecule has 0 saturated heterocycles. The lowest BCUT2D eigenvalue weighted by Crippen LogP contribution is -2.26. The number of aromatic amines is 1. The number of hydrogen-bond acceptors (Lipinski definition) is 5. The SMILES string of the molecule is Cc1cc2c(Nc3ccc4c(c3)C(C)(C)C(=O)N4)nc(N(C)C)nc2[nH]1. The van der Waals surface area contributed by atoms with E-state index >= 15 is 0 Å². The summed E-state index contributed by atoms with van der Waals surface area (Å²) in [5.74, 6) is 1.38. The van der Waals surface area contributed by atoms with Crippen LogP contribution in [-0.4, -0.2) is 35.0 Å². The van der Waals surface area contributed by atoms with Crippen molar-refractivity contribution in [3.05, 3.63) is 35.5 Å². The molecule has 0 saturated carbocycles. The van der Waals surface area contributed by atoms with Gasteiger partial charge in [0.05, 0.1) is 10.8 Å². The lowest BCUT2D eigenvalue weighted by molar-refractivity contribution is -0.119. The van der Waals surface area contributed by atoms with Crippen molar-refractivity contribution in [3.63, 3.8) is 0 Å². The number of nitrogens with zero attached hydrogens (tertiary/aromatic N) is 3. The summed E-state index contributed by atoms with van der Waals surface area (Å²) in [6.45, 7) is 5.86. The molecule has 1 amide bonds. The highest BCUT2D eigenvalue weighted by Crippen LogP contribution is 2.39. The smallest absolute Gasteiger partial charge is 0.234 e. The minimum absolute atomic E-state index is 0.0187. The monoisotopic (exact) mass is 350 g/mol. The molecule has 1 aromatic carbocycles. The van der Waals surface area contributed by atoms with Gasteiger partial charge in [0.1, 0.15) is 11.5 Å². The van der Waals surface area contributed by atoms with E-state index in [9.17, 15) is 4.79 Å². The van der Waals surface area contributed by atoms with Gasteiger partial charge in [-0.3, -0.25) is 4.79 Å². The second kappa shape index (κ2) is 5.45. The standard InChI is InChI=1S/C19H22N6O/c1-10-8-12-15(20-10)23-18(25(4)5)24-16(12)21-11-6-7-14-13(9-11)19(2,3)17(26)22-14/h6-9H,1-5H3,(H,22,26)(H2,20,21,23,24). The largest absolute Gasteiger partial charge is 0.347 e. The first kappa shape index (κ1) is 16.4. The maximum atomic E-state index is 12.2. The van der Waals surface area contributed by atoms with Crippen LogP contribution < -0.4 is 15.5 Å². The van der Waals surface area contributed by atoms with Gasteiger partial charge in [0.2, 0.25) is 11.9 Å². The Morgan fingerprint density at radius 3 is 2.65 bits per heavy atom. The van der Waals surface area contributed by atoms with Crippen molar-refractivity contribution in [1.29, 1.82) is 0 Å². The van der Waals surface area contributed by atoms with Crippen LogP contribution in [0.5, 0.6) is 0 Å². The number of benzene rings is 1. The molecular weight excluding hydrogens is 328 g/mol. The van der Waals surface area contributed by atoms with Gasteiger partial charge in [0.15, 0.2) is 0 Å². The number of carbonyl (C=O) groups excluding carboxylic acids is 1. The predicted octanol–water partition coefficient (Wildman–Crippen LogP) is 3.31. The molecule has 7 heteroatoms. The summed E-state index contributed by atoms with van der Waals surface area (Å²) in [4.78, 5) is 26.5. The zero-order valence-electron chi connectivity index (χ0n) is 15.6. The number of rotatable bonds is 3. The third-order valence-corrected chi connectivity index (χ3v) is 4.78. The van der Waals surface area contributed by atoms with Gasteiger partial charge in [0, 0.05) is 31.2 Å². The highest BCUT2D eigenvalue weighted by molar-refractivity contribution is 6.06. The van der Waals surface area contributed by atoms with Crippen molar-refractivity contribution in [1.82, 2.24) is 15.0 Å². The molecule has 1 aliphatic heterocycles. The van der Waals surface area contributed by atoms with Crippen molar-refractivity contribution in [2.75, 3.05) is 29.6 Å². The topological polar surface area (TPSA) is 85.9 Å². The molecule has 0 aliphatic carbocycles. The Balaban J connectivity index is 1.79. The van der Waals surface area contributed by atoms with E-state index in [4.69, 9.17) is 0 Å². The average Bonchev–Trinajstić information content (AvgIpc) is 3.05. The molecule has 2 aromatic heterocycles. The van der Waals surface area contributed by atoms with Gasteiger partial charge < -0.3 is 20.5 Å². The number of hydrogen-bond donors (Lipinski definition) is 3.